The number of nitrogens with two attached hydrogens (primary N) is 1. The van der Waals surface area contributed by atoms with Crippen molar-refractivity contribution in [2.24, 2.45) is 0 Å². The first kappa shape index (κ1) is 20.2. The summed E-state index contributed by atoms with van der Waals surface area (Å²) in [5, 5.41) is 3.16. The van der Waals surface area contributed by atoms with E-state index in [0.29, 0.717) is 51.5 Å². The van der Waals surface area contributed by atoms with Crippen LogP contribution in [-0.4, -0.2) is 33.4 Å². The molecule has 8 nitrogen and oxygen atoms in total. The largest absolute Gasteiger partial charge is 0.495 e. The van der Waals surface area contributed by atoms with Crippen LogP contribution in [0.1, 0.15) is 0 Å². The molecule has 0 atom stereocenters. The van der Waals surface area contributed by atoms with Gasteiger partial charge >= 0.3 is 0 Å². The maximum atomic E-state index is 6.08. The highest BCUT2D eigenvalue weighted by Crippen LogP contribution is 2.41. The number of benzene rings is 3. The number of nitrogens with zero attached hydrogens (tertiary/aromatic N) is 1. The summed E-state index contributed by atoms with van der Waals surface area (Å²) < 4.78 is 27.5. The molecule has 4 aromatic rings. The zero-order valence-electron chi connectivity index (χ0n) is 17.7. The molecule has 0 aliphatic heterocycles. The summed E-state index contributed by atoms with van der Waals surface area (Å²) in [6.07, 6.45) is 0. The molecule has 0 bridgehead atoms. The molecular weight excluding hydrogens is 398 g/mol. The SMILES string of the molecule is COc1ccc(-c2cccc3nc(Nc4cc(OC)c(OC)c(OC)c4)oc23)cc1N. The maximum absolute atomic E-state index is 6.08. The molecule has 8 heteroatoms. The molecule has 31 heavy (non-hydrogen) atoms. The number of para-hydroxylation sites is 1. The fourth-order valence-corrected chi connectivity index (χ4v) is 3.41. The number of rotatable bonds is 7. The Kier molecular flexibility index (Phi) is 5.44. The van der Waals surface area contributed by atoms with Gasteiger partial charge in [-0.05, 0) is 23.8 Å². The molecule has 3 N–H and O–H groups in total. The van der Waals surface area contributed by atoms with Gasteiger partial charge in [-0.15, -0.1) is 0 Å². The summed E-state index contributed by atoms with van der Waals surface area (Å²) in [4.78, 5) is 4.56. The number of fused-ring (bicyclic) bond motifs is 1. The average molecular weight is 421 g/mol. The molecule has 4 rings (SSSR count). The number of anilines is 3. The van der Waals surface area contributed by atoms with Crippen molar-refractivity contribution < 1.29 is 23.4 Å². The highest BCUT2D eigenvalue weighted by molar-refractivity contribution is 5.92. The van der Waals surface area contributed by atoms with Crippen molar-refractivity contribution in [1.29, 1.82) is 0 Å². The van der Waals surface area contributed by atoms with Crippen LogP contribution >= 0.6 is 0 Å². The molecule has 0 radical (unpaired) electrons. The van der Waals surface area contributed by atoms with E-state index in [0.717, 1.165) is 11.1 Å². The van der Waals surface area contributed by atoms with E-state index in [4.69, 9.17) is 29.1 Å². The Hall–Kier alpha value is -4.07. The Labute approximate surface area is 179 Å². The minimum absolute atomic E-state index is 0.332. The Bertz CT molecular complexity index is 1210. The van der Waals surface area contributed by atoms with Gasteiger partial charge < -0.3 is 34.4 Å². The van der Waals surface area contributed by atoms with Crippen LogP contribution in [0.4, 0.5) is 17.4 Å². The molecule has 0 saturated carbocycles. The van der Waals surface area contributed by atoms with Crippen LogP contribution in [0.5, 0.6) is 23.0 Å². The molecule has 160 valence electrons. The number of nitrogens with one attached hydrogen (secondary N) is 1. The first-order valence-electron chi connectivity index (χ1n) is 9.48. The second kappa shape index (κ2) is 8.35. The van der Waals surface area contributed by atoms with Gasteiger partial charge in [-0.1, -0.05) is 18.2 Å². The number of hydrogen-bond acceptors (Lipinski definition) is 8. The Morgan fingerprint density at radius 2 is 1.55 bits per heavy atom. The fraction of sp³-hybridized carbons (Fsp3) is 0.174. The van der Waals surface area contributed by atoms with Crippen molar-refractivity contribution >= 4 is 28.5 Å². The number of hydrogen-bond donors (Lipinski definition) is 2. The van der Waals surface area contributed by atoms with Crippen molar-refractivity contribution in [1.82, 2.24) is 4.98 Å². The number of ether oxygens (including phenoxy) is 4. The zero-order valence-corrected chi connectivity index (χ0v) is 17.7. The molecule has 3 aromatic carbocycles. The minimum atomic E-state index is 0.332. The molecule has 0 spiro atoms. The van der Waals surface area contributed by atoms with Crippen molar-refractivity contribution in [3.05, 3.63) is 48.5 Å². The van der Waals surface area contributed by atoms with Gasteiger partial charge in [0.25, 0.3) is 6.01 Å². The standard InChI is InChI=1S/C23H23N3O5/c1-27-18-9-8-13(10-16(18)24)15-6-5-7-17-21(15)31-23(26-17)25-14-11-19(28-2)22(30-4)20(12-14)29-3/h5-12H,24H2,1-4H3,(H,25,26). The summed E-state index contributed by atoms with van der Waals surface area (Å²) in [6.45, 7) is 0. The lowest BCUT2D eigenvalue weighted by Gasteiger charge is -2.14. The Balaban J connectivity index is 1.73. The molecule has 1 heterocycles. The van der Waals surface area contributed by atoms with E-state index in [1.165, 1.54) is 0 Å². The first-order valence-corrected chi connectivity index (χ1v) is 9.48. The molecule has 0 amide bonds. The van der Waals surface area contributed by atoms with Crippen molar-refractivity contribution in [2.45, 2.75) is 0 Å². The normalized spacial score (nSPS) is 10.7. The van der Waals surface area contributed by atoms with Gasteiger partial charge in [0.1, 0.15) is 11.3 Å². The fourth-order valence-electron chi connectivity index (χ4n) is 3.41. The van der Waals surface area contributed by atoms with Crippen LogP contribution in [0.25, 0.3) is 22.2 Å². The molecule has 1 aromatic heterocycles. The average Bonchev–Trinajstić information content (AvgIpc) is 3.20. The van der Waals surface area contributed by atoms with Crippen LogP contribution in [0, 0.1) is 0 Å². The number of oxazole rings is 1. The van der Waals surface area contributed by atoms with E-state index in [9.17, 15) is 0 Å². The van der Waals surface area contributed by atoms with Gasteiger partial charge in [0.15, 0.2) is 17.1 Å². The van der Waals surface area contributed by atoms with Gasteiger partial charge in [-0.25, -0.2) is 0 Å². The van der Waals surface area contributed by atoms with E-state index >= 15 is 0 Å². The van der Waals surface area contributed by atoms with Crippen LogP contribution in [-0.2, 0) is 0 Å². The summed E-state index contributed by atoms with van der Waals surface area (Å²) in [5.41, 5.74) is 10.4. The molecule has 0 aliphatic carbocycles. The van der Waals surface area contributed by atoms with E-state index < -0.39 is 0 Å². The lowest BCUT2D eigenvalue weighted by Crippen LogP contribution is -1.97. The van der Waals surface area contributed by atoms with E-state index in [1.54, 1.807) is 40.6 Å². The van der Waals surface area contributed by atoms with Gasteiger partial charge in [0, 0.05) is 23.4 Å². The number of aromatic nitrogens is 1. The second-order valence-corrected chi connectivity index (χ2v) is 6.67. The quantitative estimate of drug-likeness (QED) is 0.408. The summed E-state index contributed by atoms with van der Waals surface area (Å²) in [6, 6.07) is 15.3. The second-order valence-electron chi connectivity index (χ2n) is 6.67. The third kappa shape index (κ3) is 3.75. The molecular formula is C23H23N3O5. The van der Waals surface area contributed by atoms with Gasteiger partial charge in [-0.2, -0.15) is 4.98 Å². The van der Waals surface area contributed by atoms with Gasteiger partial charge in [0.2, 0.25) is 5.75 Å². The predicted octanol–water partition coefficient (Wildman–Crippen LogP) is 4.86. The summed E-state index contributed by atoms with van der Waals surface area (Å²) in [7, 11) is 6.27. The Morgan fingerprint density at radius 3 is 2.16 bits per heavy atom. The van der Waals surface area contributed by atoms with Crippen molar-refractivity contribution in [3.63, 3.8) is 0 Å². The van der Waals surface area contributed by atoms with Crippen molar-refractivity contribution in [2.75, 3.05) is 39.5 Å². The van der Waals surface area contributed by atoms with Crippen LogP contribution < -0.4 is 30.0 Å². The third-order valence-electron chi connectivity index (χ3n) is 4.87. The molecule has 0 fully saturated rings. The molecule has 0 aliphatic rings. The van der Waals surface area contributed by atoms with E-state index in [1.807, 2.05) is 36.4 Å². The lowest BCUT2D eigenvalue weighted by molar-refractivity contribution is 0.324. The topological polar surface area (TPSA) is 101 Å². The minimum Gasteiger partial charge on any atom is -0.495 e. The molecule has 0 saturated heterocycles. The predicted molar refractivity (Wildman–Crippen MR) is 120 cm³/mol. The Morgan fingerprint density at radius 1 is 0.839 bits per heavy atom. The number of nitrogen functional groups attached to an aromatic ring is 1. The summed E-state index contributed by atoms with van der Waals surface area (Å²) >= 11 is 0. The maximum Gasteiger partial charge on any atom is 0.300 e. The first-order chi connectivity index (χ1) is 15.1. The van der Waals surface area contributed by atoms with Crippen LogP contribution in [0.15, 0.2) is 52.9 Å². The highest BCUT2D eigenvalue weighted by Gasteiger charge is 2.16. The van der Waals surface area contributed by atoms with Gasteiger partial charge in [-0.3, -0.25) is 0 Å². The van der Waals surface area contributed by atoms with Gasteiger partial charge in [0.05, 0.1) is 34.1 Å². The monoisotopic (exact) mass is 421 g/mol. The van der Waals surface area contributed by atoms with Crippen molar-refractivity contribution in [3.8, 4) is 34.1 Å². The van der Waals surface area contributed by atoms with E-state index in [-0.39, 0.29) is 0 Å². The lowest BCUT2D eigenvalue weighted by atomic mass is 10.0. The van der Waals surface area contributed by atoms with Crippen LogP contribution in [0.2, 0.25) is 0 Å². The third-order valence-corrected chi connectivity index (χ3v) is 4.87. The van der Waals surface area contributed by atoms with Crippen LogP contribution in [0.3, 0.4) is 0 Å². The zero-order chi connectivity index (χ0) is 22.0. The number of methoxy groups -OCH3 is 4. The summed E-state index contributed by atoms with van der Waals surface area (Å²) in [5.74, 6) is 2.18. The molecule has 0 unspecified atom stereocenters. The smallest absolute Gasteiger partial charge is 0.300 e. The highest BCUT2D eigenvalue weighted by atomic mass is 16.5. The van der Waals surface area contributed by atoms with E-state index in [2.05, 4.69) is 10.3 Å².